The van der Waals surface area contributed by atoms with Crippen LogP contribution in [-0.4, -0.2) is 129 Å². The van der Waals surface area contributed by atoms with Gasteiger partial charge >= 0.3 is 11.9 Å². The number of nitrogens with one attached hydrogen (secondary N) is 1. The maximum absolute atomic E-state index is 15.4. The number of nitrogens with zero attached hydrogens (tertiary/aromatic N) is 3. The number of piperidine rings is 2. The molecule has 1 aliphatic carbocycles. The summed E-state index contributed by atoms with van der Waals surface area (Å²) >= 11 is 0. The molecule has 1 aromatic heterocycles. The molecule has 0 amide bonds. The van der Waals surface area contributed by atoms with E-state index in [1.54, 1.807) is 7.11 Å². The Labute approximate surface area is 368 Å². The van der Waals surface area contributed by atoms with E-state index in [0.717, 1.165) is 72.4 Å². The highest BCUT2D eigenvalue weighted by atomic mass is 28.3. The summed E-state index contributed by atoms with van der Waals surface area (Å²) < 4.78 is 18.0. The summed E-state index contributed by atoms with van der Waals surface area (Å²) in [4.78, 5) is 40.7. The van der Waals surface area contributed by atoms with E-state index in [-0.39, 0.29) is 23.4 Å². The van der Waals surface area contributed by atoms with Crippen LogP contribution in [-0.2, 0) is 36.3 Å². The average molecular weight is 865 g/mol. The van der Waals surface area contributed by atoms with Crippen molar-refractivity contribution in [2.75, 3.05) is 66.0 Å². The number of carbonyl (C=O) groups is 2. The number of hydrogen-bond acceptors (Lipinski definition) is 10. The number of ether oxygens (including phenoxy) is 3. The zero-order valence-corrected chi connectivity index (χ0v) is 39.7. The van der Waals surface area contributed by atoms with Gasteiger partial charge in [-0.2, -0.15) is 0 Å². The molecule has 2 bridgehead atoms. The summed E-state index contributed by atoms with van der Waals surface area (Å²) in [7, 11) is 4.35. The van der Waals surface area contributed by atoms with Gasteiger partial charge in [0.1, 0.15) is 19.2 Å². The van der Waals surface area contributed by atoms with Crippen LogP contribution < -0.4 is 9.64 Å². The van der Waals surface area contributed by atoms with E-state index in [1.165, 1.54) is 14.2 Å². The molecule has 334 valence electrons. The van der Waals surface area contributed by atoms with Crippen molar-refractivity contribution in [3.05, 3.63) is 58.8 Å². The number of rotatable bonds is 5. The molecule has 3 saturated heterocycles. The number of aliphatic hydroxyl groups is 2. The minimum absolute atomic E-state index is 0.0160. The van der Waals surface area contributed by atoms with Crippen LogP contribution in [0.3, 0.4) is 0 Å². The van der Waals surface area contributed by atoms with Crippen molar-refractivity contribution in [2.24, 2.45) is 11.3 Å². The first-order valence-corrected chi connectivity index (χ1v) is 26.0. The largest absolute Gasteiger partial charge is 0.496 e. The van der Waals surface area contributed by atoms with Gasteiger partial charge in [0.2, 0.25) is 0 Å². The van der Waals surface area contributed by atoms with E-state index in [9.17, 15) is 15.0 Å². The van der Waals surface area contributed by atoms with E-state index in [0.29, 0.717) is 50.0 Å². The number of benzene rings is 2. The number of carbonyl (C=O) groups excluding carboxylic acids is 2. The monoisotopic (exact) mass is 864 g/mol. The van der Waals surface area contributed by atoms with Crippen LogP contribution in [0.25, 0.3) is 10.9 Å². The number of methoxy groups -OCH3 is 3. The Morgan fingerprint density at radius 1 is 0.968 bits per heavy atom. The molecular formula is C50H68N4O7Si. The molecule has 9 rings (SSSR count). The standard InChI is InChI=1S/C50H68N4O7Si/c1-11-47(57)27-32-28-49(43(55)60-7,40-34(17-22-53(29-32)31-47)33-15-12-13-16-37(33)51-40)36-25-35-38(26-39(36)59-6)52(5)42-48(35)19-23-54-21-14-18-46(41(48)54,30-50(42,58)44(56)61-8)20-24-62(9,10)45(2,3)4/h12-13,15-16,25-26,32,41-42,51,57-58H,11,14,17-19,21-23,27-31H2,1-10H3/t32-,41-,42+,46+,47-,48+,49-,50+/m0/s1. The SMILES string of the molecule is CC[C@]1(O)C[C@@H]2CN(CCc3c([nH]c4ccccc34)[C@@](C(=O)OC)(c3cc4c(cc3OC)N(C)[C@@H]3[C@]45CCN4CCC[C@@](C#C[Si](C)(C)C(C)(C)C)(C[C@]3(O)C(=O)OC)[C@H]45)C2)C1. The highest BCUT2D eigenvalue weighted by Gasteiger charge is 2.76. The molecule has 1 spiro atoms. The summed E-state index contributed by atoms with van der Waals surface area (Å²) in [5.41, 5.74) is 3.62. The van der Waals surface area contributed by atoms with Gasteiger partial charge in [0.25, 0.3) is 0 Å². The van der Waals surface area contributed by atoms with Gasteiger partial charge in [-0.25, -0.2) is 4.79 Å². The van der Waals surface area contributed by atoms with E-state index in [4.69, 9.17) is 14.2 Å². The van der Waals surface area contributed by atoms with E-state index in [1.807, 2.05) is 32.2 Å². The molecule has 9 atom stereocenters. The van der Waals surface area contributed by atoms with Gasteiger partial charge in [-0.1, -0.05) is 59.0 Å². The summed E-state index contributed by atoms with van der Waals surface area (Å²) in [5.74, 6) is 3.39. The number of aromatic amines is 1. The lowest BCUT2D eigenvalue weighted by Crippen LogP contribution is -2.75. The third-order valence-corrected chi connectivity index (χ3v) is 21.8. The normalized spacial score (nSPS) is 35.3. The topological polar surface area (TPSA) is 128 Å². The fourth-order valence-electron chi connectivity index (χ4n) is 13.6. The van der Waals surface area contributed by atoms with Crippen molar-refractivity contribution in [1.82, 2.24) is 14.8 Å². The molecule has 62 heavy (non-hydrogen) atoms. The van der Waals surface area contributed by atoms with Gasteiger partial charge in [-0.05, 0) is 92.3 Å². The molecule has 3 aromatic rings. The Hall–Kier alpha value is -3.86. The molecule has 2 aromatic carbocycles. The number of aromatic nitrogens is 1. The van der Waals surface area contributed by atoms with E-state index < -0.39 is 53.5 Å². The minimum Gasteiger partial charge on any atom is -0.496 e. The highest BCUT2D eigenvalue weighted by molar-refractivity contribution is 6.87. The van der Waals surface area contributed by atoms with Crippen LogP contribution in [0.15, 0.2) is 36.4 Å². The molecule has 6 aliphatic rings. The number of hydrogen-bond donors (Lipinski definition) is 3. The van der Waals surface area contributed by atoms with Crippen molar-refractivity contribution in [1.29, 1.82) is 0 Å². The molecule has 1 unspecified atom stereocenters. The Bertz CT molecular complexity index is 2380. The lowest BCUT2D eigenvalue weighted by Gasteiger charge is -2.60. The zero-order chi connectivity index (χ0) is 44.4. The van der Waals surface area contributed by atoms with Gasteiger partial charge in [0.05, 0.1) is 38.4 Å². The first kappa shape index (κ1) is 43.4. The molecule has 4 fully saturated rings. The minimum atomic E-state index is -2.13. The third-order valence-electron chi connectivity index (χ3n) is 17.3. The van der Waals surface area contributed by atoms with Crippen molar-refractivity contribution in [3.63, 3.8) is 0 Å². The second-order valence-corrected chi connectivity index (χ2v) is 26.5. The first-order valence-electron chi connectivity index (χ1n) is 23.0. The molecule has 0 radical (unpaired) electrons. The smallest absolute Gasteiger partial charge is 0.340 e. The Morgan fingerprint density at radius 3 is 2.40 bits per heavy atom. The lowest BCUT2D eigenvalue weighted by molar-refractivity contribution is -0.182. The predicted octanol–water partition coefficient (Wildman–Crippen LogP) is 6.31. The molecule has 11 nitrogen and oxygen atoms in total. The zero-order valence-electron chi connectivity index (χ0n) is 38.7. The van der Waals surface area contributed by atoms with Crippen molar-refractivity contribution < 1.29 is 34.0 Å². The molecule has 5 aliphatic heterocycles. The van der Waals surface area contributed by atoms with Gasteiger partial charge in [0.15, 0.2) is 5.60 Å². The second-order valence-electron chi connectivity index (χ2n) is 21.5. The van der Waals surface area contributed by atoms with Crippen molar-refractivity contribution >= 4 is 36.6 Å². The fourth-order valence-corrected chi connectivity index (χ4v) is 14.5. The average Bonchev–Trinajstić information content (AvgIpc) is 3.90. The number of H-pyrrole nitrogens is 1. The van der Waals surface area contributed by atoms with Crippen molar-refractivity contribution in [3.8, 4) is 17.2 Å². The Morgan fingerprint density at radius 2 is 1.71 bits per heavy atom. The second kappa shape index (κ2) is 14.6. The van der Waals surface area contributed by atoms with Crippen LogP contribution >= 0.6 is 0 Å². The number of anilines is 1. The maximum Gasteiger partial charge on any atom is 0.340 e. The van der Waals surface area contributed by atoms with Crippen LogP contribution in [0, 0.1) is 22.8 Å². The highest BCUT2D eigenvalue weighted by Crippen LogP contribution is 2.68. The molecule has 3 N–H and O–H groups in total. The number of para-hydroxylation sites is 1. The summed E-state index contributed by atoms with van der Waals surface area (Å²) in [6, 6.07) is 11.7. The summed E-state index contributed by atoms with van der Waals surface area (Å²) in [5, 5.41) is 26.5. The third kappa shape index (κ3) is 5.97. The van der Waals surface area contributed by atoms with Gasteiger partial charge in [-0.3, -0.25) is 14.6 Å². The number of esters is 2. The molecule has 1 saturated carbocycles. The van der Waals surface area contributed by atoms with Crippen LogP contribution in [0.2, 0.25) is 18.1 Å². The van der Waals surface area contributed by atoms with Gasteiger partial charge < -0.3 is 34.3 Å². The number of fused-ring (bicyclic) bond motifs is 6. The Balaban J connectivity index is 1.35. The predicted molar refractivity (Wildman–Crippen MR) is 244 cm³/mol. The van der Waals surface area contributed by atoms with Crippen LogP contribution in [0.4, 0.5) is 5.69 Å². The van der Waals surface area contributed by atoms with Crippen molar-refractivity contribution in [2.45, 2.75) is 131 Å². The number of likely N-dealkylation sites (N-methyl/N-ethyl adjacent to an activating group) is 1. The Kier molecular flexibility index (Phi) is 10.2. The van der Waals surface area contributed by atoms with Gasteiger partial charge in [-0.15, -0.1) is 11.5 Å². The van der Waals surface area contributed by atoms with Crippen LogP contribution in [0.5, 0.6) is 5.75 Å². The fraction of sp³-hybridized carbons (Fsp3) is 0.640. The molecule has 6 heterocycles. The quantitative estimate of drug-likeness (QED) is 0.153. The summed E-state index contributed by atoms with van der Waals surface area (Å²) in [6.45, 7) is 17.3. The lowest BCUT2D eigenvalue weighted by atomic mass is 9.49. The maximum atomic E-state index is 15.4. The summed E-state index contributed by atoms with van der Waals surface area (Å²) in [6.07, 6.45) is 4.75. The van der Waals surface area contributed by atoms with Crippen LogP contribution in [0.1, 0.15) is 95.0 Å². The molecular weight excluding hydrogens is 797 g/mol. The van der Waals surface area contributed by atoms with Gasteiger partial charge in [0, 0.05) is 78.5 Å². The van der Waals surface area contributed by atoms with E-state index in [2.05, 4.69) is 83.2 Å². The first-order chi connectivity index (χ1) is 29.3. The van der Waals surface area contributed by atoms with E-state index >= 15 is 4.79 Å². The molecule has 12 heteroatoms.